The molecule has 1 aromatic carbocycles. The van der Waals surface area contributed by atoms with Crippen LogP contribution >= 0.6 is 11.6 Å². The second-order valence-corrected chi connectivity index (χ2v) is 5.31. The van der Waals surface area contributed by atoms with Crippen molar-refractivity contribution >= 4 is 34.8 Å². The third-order valence-corrected chi connectivity index (χ3v) is 3.64. The Hall–Kier alpha value is -1.75. The zero-order chi connectivity index (χ0) is 14.5. The van der Waals surface area contributed by atoms with Gasteiger partial charge in [-0.2, -0.15) is 0 Å². The van der Waals surface area contributed by atoms with Crippen LogP contribution < -0.4 is 11.1 Å². The van der Waals surface area contributed by atoms with Gasteiger partial charge < -0.3 is 16.0 Å². The van der Waals surface area contributed by atoms with E-state index in [0.29, 0.717) is 29.5 Å². The molecule has 20 heavy (non-hydrogen) atoms. The molecule has 0 aromatic heterocycles. The highest BCUT2D eigenvalue weighted by Gasteiger charge is 2.23. The molecule has 5 nitrogen and oxygen atoms in total. The summed E-state index contributed by atoms with van der Waals surface area (Å²) in [6.45, 7) is 1.28. The number of likely N-dealkylation sites (tertiary alicyclic amines) is 1. The summed E-state index contributed by atoms with van der Waals surface area (Å²) in [6.07, 6.45) is 4.10. The summed E-state index contributed by atoms with van der Waals surface area (Å²) in [5.74, 6) is -1.15. The molecule has 0 unspecified atom stereocenters. The molecule has 1 aliphatic rings. The van der Waals surface area contributed by atoms with Crippen LogP contribution in [0, 0.1) is 0 Å². The van der Waals surface area contributed by atoms with Gasteiger partial charge in [-0.1, -0.05) is 24.4 Å². The smallest absolute Gasteiger partial charge is 0.313 e. The first-order chi connectivity index (χ1) is 9.58. The molecule has 2 rings (SSSR count). The molecule has 0 aliphatic carbocycles. The van der Waals surface area contributed by atoms with Crippen LogP contribution in [0.15, 0.2) is 18.2 Å². The van der Waals surface area contributed by atoms with Crippen LogP contribution in [0.1, 0.15) is 25.7 Å². The number of carbonyl (C=O) groups excluding carboxylic acids is 2. The van der Waals surface area contributed by atoms with Crippen molar-refractivity contribution in [2.45, 2.75) is 25.7 Å². The minimum absolute atomic E-state index is 0.321. The van der Waals surface area contributed by atoms with Crippen LogP contribution in [0.25, 0.3) is 0 Å². The third kappa shape index (κ3) is 3.63. The fourth-order valence-electron chi connectivity index (χ4n) is 2.23. The summed E-state index contributed by atoms with van der Waals surface area (Å²) >= 11 is 5.97. The van der Waals surface area contributed by atoms with E-state index in [2.05, 4.69) is 5.32 Å². The van der Waals surface area contributed by atoms with Gasteiger partial charge in [0.05, 0.1) is 10.7 Å². The average Bonchev–Trinajstić information content (AvgIpc) is 2.70. The minimum Gasteiger partial charge on any atom is -0.399 e. The van der Waals surface area contributed by atoms with Gasteiger partial charge in [-0.05, 0) is 31.0 Å². The first-order valence-electron chi connectivity index (χ1n) is 6.73. The van der Waals surface area contributed by atoms with Gasteiger partial charge in [-0.25, -0.2) is 0 Å². The lowest BCUT2D eigenvalue weighted by molar-refractivity contribution is -0.143. The number of amides is 2. The fraction of sp³-hybridized carbons (Fsp3) is 0.429. The third-order valence-electron chi connectivity index (χ3n) is 3.33. The minimum atomic E-state index is -0.654. The van der Waals surface area contributed by atoms with Gasteiger partial charge in [0.1, 0.15) is 0 Å². The molecule has 1 heterocycles. The zero-order valence-corrected chi connectivity index (χ0v) is 11.9. The Morgan fingerprint density at radius 1 is 1.15 bits per heavy atom. The number of hydrogen-bond acceptors (Lipinski definition) is 3. The van der Waals surface area contributed by atoms with Crippen LogP contribution in [0.2, 0.25) is 5.02 Å². The fourth-order valence-corrected chi connectivity index (χ4v) is 2.46. The van der Waals surface area contributed by atoms with Gasteiger partial charge in [0.25, 0.3) is 0 Å². The Balaban J connectivity index is 2.01. The number of nitrogens with zero attached hydrogens (tertiary/aromatic N) is 1. The molecular weight excluding hydrogens is 278 g/mol. The molecule has 0 bridgehead atoms. The van der Waals surface area contributed by atoms with Gasteiger partial charge in [0.2, 0.25) is 0 Å². The molecular formula is C14H18ClN3O2. The van der Waals surface area contributed by atoms with Crippen LogP contribution in [-0.4, -0.2) is 29.8 Å². The van der Waals surface area contributed by atoms with E-state index in [4.69, 9.17) is 17.3 Å². The highest BCUT2D eigenvalue weighted by atomic mass is 35.5. The Kier molecular flexibility index (Phi) is 4.84. The lowest BCUT2D eigenvalue weighted by atomic mass is 10.2. The van der Waals surface area contributed by atoms with Gasteiger partial charge in [-0.3, -0.25) is 9.59 Å². The summed E-state index contributed by atoms with van der Waals surface area (Å²) in [6, 6.07) is 4.75. The highest BCUT2D eigenvalue weighted by Crippen LogP contribution is 2.24. The van der Waals surface area contributed by atoms with Crippen molar-refractivity contribution in [3.63, 3.8) is 0 Å². The number of nitrogens with one attached hydrogen (secondary N) is 1. The number of anilines is 2. The summed E-state index contributed by atoms with van der Waals surface area (Å²) in [5, 5.41) is 2.86. The highest BCUT2D eigenvalue weighted by molar-refractivity contribution is 6.41. The molecule has 0 radical (unpaired) electrons. The van der Waals surface area contributed by atoms with Crippen LogP contribution in [0.4, 0.5) is 11.4 Å². The summed E-state index contributed by atoms with van der Waals surface area (Å²) in [7, 11) is 0. The molecule has 6 heteroatoms. The van der Waals surface area contributed by atoms with Crippen molar-refractivity contribution < 1.29 is 9.59 Å². The molecule has 1 fully saturated rings. The molecule has 2 amide bonds. The monoisotopic (exact) mass is 295 g/mol. The van der Waals surface area contributed by atoms with E-state index in [1.54, 1.807) is 17.0 Å². The average molecular weight is 296 g/mol. The summed E-state index contributed by atoms with van der Waals surface area (Å²) < 4.78 is 0. The number of nitrogen functional groups attached to an aromatic ring is 1. The van der Waals surface area contributed by atoms with Crippen molar-refractivity contribution in [1.29, 1.82) is 0 Å². The number of halogens is 1. The number of carbonyl (C=O) groups is 2. The van der Waals surface area contributed by atoms with E-state index in [9.17, 15) is 9.59 Å². The second-order valence-electron chi connectivity index (χ2n) is 4.90. The molecule has 108 valence electrons. The van der Waals surface area contributed by atoms with E-state index < -0.39 is 11.8 Å². The van der Waals surface area contributed by atoms with Crippen LogP contribution in [-0.2, 0) is 9.59 Å². The predicted molar refractivity (Wildman–Crippen MR) is 79.5 cm³/mol. The second kappa shape index (κ2) is 6.61. The van der Waals surface area contributed by atoms with Crippen molar-refractivity contribution in [1.82, 2.24) is 4.90 Å². The SMILES string of the molecule is Nc1ccc(NC(=O)C(=O)N2CCCCCC2)c(Cl)c1. The maximum atomic E-state index is 12.1. The largest absolute Gasteiger partial charge is 0.399 e. The van der Waals surface area contributed by atoms with E-state index in [-0.39, 0.29) is 0 Å². The van der Waals surface area contributed by atoms with E-state index >= 15 is 0 Å². The number of nitrogens with two attached hydrogens (primary N) is 1. The zero-order valence-electron chi connectivity index (χ0n) is 11.2. The quantitative estimate of drug-likeness (QED) is 0.616. The number of rotatable bonds is 1. The van der Waals surface area contributed by atoms with Crippen molar-refractivity contribution in [2.75, 3.05) is 24.1 Å². The number of benzene rings is 1. The number of hydrogen-bond donors (Lipinski definition) is 2. The Morgan fingerprint density at radius 2 is 1.80 bits per heavy atom. The van der Waals surface area contributed by atoms with Crippen molar-refractivity contribution in [3.8, 4) is 0 Å². The first kappa shape index (κ1) is 14.7. The molecule has 1 aliphatic heterocycles. The predicted octanol–water partition coefficient (Wildman–Crippen LogP) is 2.26. The normalized spacial score (nSPS) is 15.6. The summed E-state index contributed by atoms with van der Waals surface area (Å²) in [5.41, 5.74) is 6.48. The maximum Gasteiger partial charge on any atom is 0.313 e. The molecule has 0 atom stereocenters. The van der Waals surface area contributed by atoms with Gasteiger partial charge in [-0.15, -0.1) is 0 Å². The molecule has 0 saturated carbocycles. The first-order valence-corrected chi connectivity index (χ1v) is 7.11. The van der Waals surface area contributed by atoms with E-state index in [1.165, 1.54) is 6.07 Å². The lowest BCUT2D eigenvalue weighted by Crippen LogP contribution is -2.40. The van der Waals surface area contributed by atoms with Gasteiger partial charge >= 0.3 is 11.8 Å². The van der Waals surface area contributed by atoms with Crippen LogP contribution in [0.3, 0.4) is 0 Å². The molecule has 3 N–H and O–H groups in total. The molecule has 1 saturated heterocycles. The Morgan fingerprint density at radius 3 is 2.40 bits per heavy atom. The molecule has 0 spiro atoms. The lowest BCUT2D eigenvalue weighted by Gasteiger charge is -2.19. The topological polar surface area (TPSA) is 75.4 Å². The molecule has 1 aromatic rings. The van der Waals surface area contributed by atoms with Crippen LogP contribution in [0.5, 0.6) is 0 Å². The Bertz CT molecular complexity index is 511. The van der Waals surface area contributed by atoms with Gasteiger partial charge in [0.15, 0.2) is 0 Å². The standard InChI is InChI=1S/C14H18ClN3O2/c15-11-9-10(16)5-6-12(11)17-13(19)14(20)18-7-3-1-2-4-8-18/h5-6,9H,1-4,7-8,16H2,(H,17,19). The van der Waals surface area contributed by atoms with Gasteiger partial charge in [0, 0.05) is 18.8 Å². The van der Waals surface area contributed by atoms with Crippen molar-refractivity contribution in [2.24, 2.45) is 0 Å². The van der Waals surface area contributed by atoms with E-state index in [0.717, 1.165) is 25.7 Å². The maximum absolute atomic E-state index is 12.1. The van der Waals surface area contributed by atoms with Crippen molar-refractivity contribution in [3.05, 3.63) is 23.2 Å². The Labute approximate surface area is 123 Å². The van der Waals surface area contributed by atoms with E-state index in [1.807, 2.05) is 0 Å². The summed E-state index contributed by atoms with van der Waals surface area (Å²) in [4.78, 5) is 25.7.